The number of carbonyl (C=O) groups excluding carboxylic acids is 1. The summed E-state index contributed by atoms with van der Waals surface area (Å²) in [7, 11) is 4.67. The van der Waals surface area contributed by atoms with Crippen LogP contribution in [-0.4, -0.2) is 36.4 Å². The number of hydrogen-bond donors (Lipinski definition) is 0. The maximum Gasteiger partial charge on any atom is 0.193 e. The van der Waals surface area contributed by atoms with Gasteiger partial charge in [-0.3, -0.25) is 4.79 Å². The molecule has 2 heteroatoms. The number of likely N-dealkylation sites (N-methyl/N-ethyl adjacent to an activating group) is 1. The topological polar surface area (TPSA) is 17.1 Å². The Morgan fingerprint density at radius 1 is 0.920 bits per heavy atom. The molecule has 146 valence electrons. The molecule has 0 spiro atoms. The van der Waals surface area contributed by atoms with Crippen LogP contribution in [-0.2, 0) is 4.79 Å². The van der Waals surface area contributed by atoms with Crippen molar-refractivity contribution in [3.63, 3.8) is 0 Å². The molecule has 0 heterocycles. The van der Waals surface area contributed by atoms with Crippen molar-refractivity contribution in [2.45, 2.75) is 110 Å². The lowest BCUT2D eigenvalue weighted by Crippen LogP contribution is -2.66. The van der Waals surface area contributed by atoms with Gasteiger partial charge in [-0.05, 0) is 25.2 Å². The van der Waals surface area contributed by atoms with Gasteiger partial charge in [-0.1, -0.05) is 72.1 Å². The first kappa shape index (κ1) is 20.9. The molecule has 0 aromatic rings. The van der Waals surface area contributed by atoms with Gasteiger partial charge in [0.05, 0.1) is 20.6 Å². The SMILES string of the molecule is CCCCCCCCCCCC[N+](C)(C)[C@]12CC[C@H](CC1=O)C2(C)C. The molecule has 2 saturated carbocycles. The molecule has 0 N–H and O–H groups in total. The molecule has 0 amide bonds. The van der Waals surface area contributed by atoms with Gasteiger partial charge in [-0.15, -0.1) is 0 Å². The molecule has 2 rings (SSSR count). The number of unbranched alkanes of at least 4 members (excludes halogenated alkanes) is 9. The van der Waals surface area contributed by atoms with Crippen LogP contribution in [0.15, 0.2) is 0 Å². The fourth-order valence-electron chi connectivity index (χ4n) is 6.26. The van der Waals surface area contributed by atoms with Crippen molar-refractivity contribution in [3.05, 3.63) is 0 Å². The van der Waals surface area contributed by atoms with Gasteiger partial charge >= 0.3 is 0 Å². The quantitative estimate of drug-likeness (QED) is 0.305. The van der Waals surface area contributed by atoms with E-state index in [4.69, 9.17) is 0 Å². The first-order valence-corrected chi connectivity index (χ1v) is 11.2. The molecule has 0 aromatic carbocycles. The van der Waals surface area contributed by atoms with Crippen LogP contribution in [0.25, 0.3) is 0 Å². The van der Waals surface area contributed by atoms with Crippen LogP contribution in [0.5, 0.6) is 0 Å². The average Bonchev–Trinajstić information content (AvgIpc) is 2.92. The van der Waals surface area contributed by atoms with Crippen LogP contribution in [0.4, 0.5) is 0 Å². The van der Waals surface area contributed by atoms with Gasteiger partial charge in [-0.2, -0.15) is 0 Å². The third-order valence-corrected chi connectivity index (χ3v) is 7.94. The summed E-state index contributed by atoms with van der Waals surface area (Å²) in [6.07, 6.45) is 17.1. The van der Waals surface area contributed by atoms with Crippen molar-refractivity contribution in [1.82, 2.24) is 0 Å². The molecule has 2 aliphatic rings. The second-order valence-corrected chi connectivity index (χ2v) is 10.0. The minimum Gasteiger partial charge on any atom is -0.317 e. The summed E-state index contributed by atoms with van der Waals surface area (Å²) in [6.45, 7) is 8.19. The predicted octanol–water partition coefficient (Wildman–Crippen LogP) is 6.13. The molecule has 0 unspecified atom stereocenters. The highest BCUT2D eigenvalue weighted by atomic mass is 16.1. The summed E-state index contributed by atoms with van der Waals surface area (Å²) in [6, 6.07) is 0. The maximum atomic E-state index is 12.9. The minimum absolute atomic E-state index is 0.100. The van der Waals surface area contributed by atoms with Crippen LogP contribution in [0, 0.1) is 11.3 Å². The standard InChI is InChI=1S/C23H44NO/c1-6-7-8-9-10-11-12-13-14-15-18-24(4,5)23-17-16-20(19-21(23)25)22(23,2)3/h20H,6-19H2,1-5H3/q+1/t20-,23-/m1/s1. The third kappa shape index (κ3) is 3.99. The number of ketones is 1. The van der Waals surface area contributed by atoms with Crippen LogP contribution in [0.1, 0.15) is 104 Å². The lowest BCUT2D eigenvalue weighted by molar-refractivity contribution is -0.937. The minimum atomic E-state index is -0.100. The number of nitrogens with zero attached hydrogens (tertiary/aromatic N) is 1. The van der Waals surface area contributed by atoms with E-state index in [0.29, 0.717) is 11.7 Å². The number of rotatable bonds is 12. The van der Waals surface area contributed by atoms with E-state index in [1.165, 1.54) is 77.2 Å². The summed E-state index contributed by atoms with van der Waals surface area (Å²) in [5, 5.41) is 0. The van der Waals surface area contributed by atoms with Crippen LogP contribution in [0.2, 0.25) is 0 Å². The van der Waals surface area contributed by atoms with Gasteiger partial charge < -0.3 is 4.48 Å². The van der Waals surface area contributed by atoms with E-state index in [1.807, 2.05) is 0 Å². The zero-order chi connectivity index (χ0) is 18.6. The number of fused-ring (bicyclic) bond motifs is 2. The molecule has 2 nitrogen and oxygen atoms in total. The summed E-state index contributed by atoms with van der Waals surface area (Å²) < 4.78 is 0.923. The Labute approximate surface area is 157 Å². The van der Waals surface area contributed by atoms with E-state index in [-0.39, 0.29) is 11.0 Å². The summed E-state index contributed by atoms with van der Waals surface area (Å²) >= 11 is 0. The summed E-state index contributed by atoms with van der Waals surface area (Å²) in [5.74, 6) is 1.19. The Morgan fingerprint density at radius 2 is 1.44 bits per heavy atom. The molecule has 2 aliphatic carbocycles. The lowest BCUT2D eigenvalue weighted by Gasteiger charge is -2.50. The highest BCUT2D eigenvalue weighted by Gasteiger charge is 2.71. The smallest absolute Gasteiger partial charge is 0.193 e. The second-order valence-electron chi connectivity index (χ2n) is 10.0. The normalized spacial score (nSPS) is 28.0. The Bertz CT molecular complexity index is 439. The maximum absolute atomic E-state index is 12.9. The zero-order valence-electron chi connectivity index (χ0n) is 17.8. The van der Waals surface area contributed by atoms with Crippen molar-refractivity contribution < 1.29 is 9.28 Å². The first-order chi connectivity index (χ1) is 11.8. The highest BCUT2D eigenvalue weighted by molar-refractivity contribution is 5.92. The fourth-order valence-corrected chi connectivity index (χ4v) is 6.26. The Morgan fingerprint density at radius 3 is 1.88 bits per heavy atom. The van der Waals surface area contributed by atoms with E-state index in [2.05, 4.69) is 34.9 Å². The molecule has 25 heavy (non-hydrogen) atoms. The van der Waals surface area contributed by atoms with Crippen LogP contribution >= 0.6 is 0 Å². The largest absolute Gasteiger partial charge is 0.317 e. The number of Topliss-reactive ketones (excluding diaryl/α,β-unsaturated/α-hetero) is 1. The second kappa shape index (κ2) is 8.55. The Balaban J connectivity index is 1.69. The summed E-state index contributed by atoms with van der Waals surface area (Å²) in [5.41, 5.74) is 0.0863. The number of quaternary nitrogens is 1. The summed E-state index contributed by atoms with van der Waals surface area (Å²) in [4.78, 5) is 12.9. The predicted molar refractivity (Wildman–Crippen MR) is 108 cm³/mol. The molecule has 0 aliphatic heterocycles. The monoisotopic (exact) mass is 350 g/mol. The van der Waals surface area contributed by atoms with Crippen molar-refractivity contribution >= 4 is 5.78 Å². The van der Waals surface area contributed by atoms with Crippen molar-refractivity contribution in [1.29, 1.82) is 0 Å². The molecule has 2 atom stereocenters. The van der Waals surface area contributed by atoms with Gasteiger partial charge in [0.2, 0.25) is 0 Å². The van der Waals surface area contributed by atoms with E-state index in [9.17, 15) is 4.79 Å². The van der Waals surface area contributed by atoms with Crippen molar-refractivity contribution in [2.24, 2.45) is 11.3 Å². The van der Waals surface area contributed by atoms with Gasteiger partial charge in [0.15, 0.2) is 11.3 Å². The molecule has 2 bridgehead atoms. The average molecular weight is 351 g/mol. The van der Waals surface area contributed by atoms with E-state index in [1.54, 1.807) is 0 Å². The van der Waals surface area contributed by atoms with Crippen molar-refractivity contribution in [2.75, 3.05) is 20.6 Å². The highest BCUT2D eigenvalue weighted by Crippen LogP contribution is 2.62. The number of hydrogen-bond acceptors (Lipinski definition) is 1. The van der Waals surface area contributed by atoms with Gasteiger partial charge in [0.1, 0.15) is 0 Å². The molecule has 0 radical (unpaired) electrons. The molecular formula is C23H44NO+. The van der Waals surface area contributed by atoms with Crippen LogP contribution < -0.4 is 0 Å². The fraction of sp³-hybridized carbons (Fsp3) is 0.957. The van der Waals surface area contributed by atoms with Gasteiger partial charge in [-0.25, -0.2) is 0 Å². The number of carbonyl (C=O) groups is 1. The molecule has 0 saturated heterocycles. The zero-order valence-corrected chi connectivity index (χ0v) is 17.8. The van der Waals surface area contributed by atoms with Crippen molar-refractivity contribution in [3.8, 4) is 0 Å². The lowest BCUT2D eigenvalue weighted by atomic mass is 9.73. The molecule has 2 fully saturated rings. The van der Waals surface area contributed by atoms with E-state index in [0.717, 1.165) is 17.3 Å². The Hall–Kier alpha value is -0.370. The first-order valence-electron chi connectivity index (χ1n) is 11.2. The third-order valence-electron chi connectivity index (χ3n) is 7.94. The van der Waals surface area contributed by atoms with Gasteiger partial charge in [0.25, 0.3) is 0 Å². The molecular weight excluding hydrogens is 306 g/mol. The van der Waals surface area contributed by atoms with Gasteiger partial charge in [0, 0.05) is 18.3 Å². The van der Waals surface area contributed by atoms with E-state index < -0.39 is 0 Å². The van der Waals surface area contributed by atoms with E-state index >= 15 is 0 Å². The van der Waals surface area contributed by atoms with Crippen LogP contribution in [0.3, 0.4) is 0 Å². The molecule has 0 aromatic heterocycles. The Kier molecular flexibility index (Phi) is 7.16.